The number of benzene rings is 1. The van der Waals surface area contributed by atoms with Gasteiger partial charge in [0.15, 0.2) is 0 Å². The number of thiophene rings is 1. The predicted molar refractivity (Wildman–Crippen MR) is 78.7 cm³/mol. The van der Waals surface area contributed by atoms with Gasteiger partial charge in [0.2, 0.25) is 0 Å². The topological polar surface area (TPSA) is 20.3 Å². The van der Waals surface area contributed by atoms with Gasteiger partial charge in [-0.05, 0) is 19.9 Å². The molecule has 0 atom stereocenters. The molecule has 0 saturated carbocycles. The summed E-state index contributed by atoms with van der Waals surface area (Å²) in [5.41, 5.74) is 0.415. The van der Waals surface area contributed by atoms with Crippen LogP contribution in [-0.4, -0.2) is 29.3 Å². The molecule has 0 spiro atoms. The normalized spacial score (nSPS) is 11.8. The predicted octanol–water partition coefficient (Wildman–Crippen LogP) is 3.99. The van der Waals surface area contributed by atoms with Crippen molar-refractivity contribution in [3.63, 3.8) is 0 Å². The minimum absolute atomic E-state index is 0.0260. The van der Waals surface area contributed by atoms with Crippen molar-refractivity contribution in [2.24, 2.45) is 0 Å². The summed E-state index contributed by atoms with van der Waals surface area (Å²) >= 11 is 7.52. The van der Waals surface area contributed by atoms with Gasteiger partial charge in [0.1, 0.15) is 0 Å². The van der Waals surface area contributed by atoms with Crippen LogP contribution in [0.5, 0.6) is 0 Å². The lowest BCUT2D eigenvalue weighted by Gasteiger charge is -2.33. The molecule has 0 N–H and O–H groups in total. The number of carbonyl (C=O) groups excluding carboxylic acids is 1. The summed E-state index contributed by atoms with van der Waals surface area (Å²) in [4.78, 5) is 14.2. The molecule has 96 valence electrons. The van der Waals surface area contributed by atoms with Gasteiger partial charge < -0.3 is 4.90 Å². The van der Waals surface area contributed by atoms with E-state index in [2.05, 4.69) is 0 Å². The van der Waals surface area contributed by atoms with Crippen molar-refractivity contribution in [2.45, 2.75) is 19.4 Å². The highest BCUT2D eigenvalue weighted by atomic mass is 35.5. The van der Waals surface area contributed by atoms with Gasteiger partial charge in [-0.1, -0.05) is 18.2 Å². The van der Waals surface area contributed by atoms with Gasteiger partial charge in [-0.25, -0.2) is 0 Å². The molecule has 1 heterocycles. The van der Waals surface area contributed by atoms with Crippen LogP contribution >= 0.6 is 22.9 Å². The van der Waals surface area contributed by atoms with Crippen LogP contribution in [0.25, 0.3) is 10.1 Å². The standard InChI is InChI=1S/C14H16ClNOS/c1-14(2,9-15)16(3)13(17)11-8-18-12-7-5-4-6-10(11)12/h4-8H,9H2,1-3H3. The largest absolute Gasteiger partial charge is 0.335 e. The van der Waals surface area contributed by atoms with Crippen LogP contribution in [-0.2, 0) is 0 Å². The summed E-state index contributed by atoms with van der Waals surface area (Å²) < 4.78 is 1.14. The minimum atomic E-state index is -0.346. The number of halogens is 1. The molecule has 1 amide bonds. The highest BCUT2D eigenvalue weighted by Crippen LogP contribution is 2.28. The third kappa shape index (κ3) is 2.25. The molecule has 0 fully saturated rings. The highest BCUT2D eigenvalue weighted by molar-refractivity contribution is 7.17. The zero-order valence-electron chi connectivity index (χ0n) is 10.7. The Kier molecular flexibility index (Phi) is 3.64. The number of carbonyl (C=O) groups is 1. The quantitative estimate of drug-likeness (QED) is 0.779. The summed E-state index contributed by atoms with van der Waals surface area (Å²) in [6.07, 6.45) is 0. The van der Waals surface area contributed by atoms with E-state index in [0.29, 0.717) is 5.88 Å². The van der Waals surface area contributed by atoms with E-state index in [-0.39, 0.29) is 11.4 Å². The fraction of sp³-hybridized carbons (Fsp3) is 0.357. The van der Waals surface area contributed by atoms with E-state index in [1.54, 1.807) is 23.3 Å². The van der Waals surface area contributed by atoms with Crippen molar-refractivity contribution in [2.75, 3.05) is 12.9 Å². The highest BCUT2D eigenvalue weighted by Gasteiger charge is 2.28. The van der Waals surface area contributed by atoms with E-state index in [1.807, 2.05) is 43.5 Å². The lowest BCUT2D eigenvalue weighted by molar-refractivity contribution is 0.0663. The molecule has 4 heteroatoms. The van der Waals surface area contributed by atoms with E-state index in [4.69, 9.17) is 11.6 Å². The molecule has 0 radical (unpaired) electrons. The Hall–Kier alpha value is -1.06. The lowest BCUT2D eigenvalue weighted by atomic mass is 10.0. The average Bonchev–Trinajstić information content (AvgIpc) is 2.80. The van der Waals surface area contributed by atoms with Crippen LogP contribution in [0, 0.1) is 0 Å². The number of alkyl halides is 1. The Balaban J connectivity index is 2.40. The second kappa shape index (κ2) is 4.90. The Bertz CT molecular complexity index is 576. The molecular formula is C14H16ClNOS. The summed E-state index contributed by atoms with van der Waals surface area (Å²) in [5, 5.41) is 2.94. The Labute approximate surface area is 116 Å². The molecule has 0 unspecified atom stereocenters. The molecule has 0 aliphatic carbocycles. The third-order valence-corrected chi connectivity index (χ3v) is 4.87. The number of fused-ring (bicyclic) bond motifs is 1. The molecule has 2 aromatic rings. The van der Waals surface area contributed by atoms with Crippen LogP contribution in [0.4, 0.5) is 0 Å². The van der Waals surface area contributed by atoms with Gasteiger partial charge in [0, 0.05) is 28.4 Å². The molecule has 1 aromatic heterocycles. The van der Waals surface area contributed by atoms with E-state index < -0.39 is 0 Å². The molecule has 0 aliphatic rings. The zero-order valence-corrected chi connectivity index (χ0v) is 12.3. The summed E-state index contributed by atoms with van der Waals surface area (Å²) in [6, 6.07) is 7.96. The Morgan fingerprint density at radius 2 is 2.06 bits per heavy atom. The fourth-order valence-corrected chi connectivity index (χ4v) is 2.80. The summed E-state index contributed by atoms with van der Waals surface area (Å²) in [6.45, 7) is 3.93. The van der Waals surface area contributed by atoms with Gasteiger partial charge in [0.25, 0.3) is 5.91 Å². The molecule has 18 heavy (non-hydrogen) atoms. The van der Waals surface area contributed by atoms with Crippen LogP contribution in [0.1, 0.15) is 24.2 Å². The van der Waals surface area contributed by atoms with Crippen molar-refractivity contribution in [1.29, 1.82) is 0 Å². The second-order valence-electron chi connectivity index (χ2n) is 4.96. The number of nitrogens with zero attached hydrogens (tertiary/aromatic N) is 1. The first-order chi connectivity index (χ1) is 8.47. The molecular weight excluding hydrogens is 266 g/mol. The molecule has 2 nitrogen and oxygen atoms in total. The van der Waals surface area contributed by atoms with Crippen molar-refractivity contribution in [3.05, 3.63) is 35.2 Å². The molecule has 0 bridgehead atoms. The fourth-order valence-electron chi connectivity index (χ4n) is 1.69. The van der Waals surface area contributed by atoms with E-state index in [0.717, 1.165) is 15.6 Å². The first kappa shape index (κ1) is 13.4. The minimum Gasteiger partial charge on any atom is -0.335 e. The van der Waals surface area contributed by atoms with Crippen molar-refractivity contribution in [1.82, 2.24) is 4.90 Å². The van der Waals surface area contributed by atoms with E-state index >= 15 is 0 Å². The molecule has 0 aliphatic heterocycles. The lowest BCUT2D eigenvalue weighted by Crippen LogP contribution is -2.46. The number of rotatable bonds is 3. The maximum atomic E-state index is 12.5. The van der Waals surface area contributed by atoms with Gasteiger partial charge >= 0.3 is 0 Å². The second-order valence-corrected chi connectivity index (χ2v) is 6.13. The number of hydrogen-bond donors (Lipinski definition) is 0. The summed E-state index contributed by atoms with van der Waals surface area (Å²) in [5.74, 6) is 0.440. The van der Waals surface area contributed by atoms with Crippen LogP contribution in [0.2, 0.25) is 0 Å². The van der Waals surface area contributed by atoms with Gasteiger partial charge in [0.05, 0.1) is 11.1 Å². The van der Waals surface area contributed by atoms with Crippen LogP contribution in [0.15, 0.2) is 29.6 Å². The zero-order chi connectivity index (χ0) is 13.3. The summed E-state index contributed by atoms with van der Waals surface area (Å²) in [7, 11) is 1.80. The number of amides is 1. The number of hydrogen-bond acceptors (Lipinski definition) is 2. The third-order valence-electron chi connectivity index (χ3n) is 3.25. The van der Waals surface area contributed by atoms with E-state index in [9.17, 15) is 4.79 Å². The SMILES string of the molecule is CN(C(=O)c1csc2ccccc12)C(C)(C)CCl. The smallest absolute Gasteiger partial charge is 0.255 e. The van der Waals surface area contributed by atoms with E-state index in [1.165, 1.54) is 0 Å². The van der Waals surface area contributed by atoms with Gasteiger partial charge in [-0.2, -0.15) is 0 Å². The van der Waals surface area contributed by atoms with Crippen LogP contribution < -0.4 is 0 Å². The average molecular weight is 282 g/mol. The van der Waals surface area contributed by atoms with Gasteiger partial charge in [-0.3, -0.25) is 4.79 Å². The molecule has 2 rings (SSSR count). The molecule has 0 saturated heterocycles. The van der Waals surface area contributed by atoms with Crippen molar-refractivity contribution < 1.29 is 4.79 Å². The molecule has 1 aromatic carbocycles. The maximum absolute atomic E-state index is 12.5. The van der Waals surface area contributed by atoms with Crippen molar-refractivity contribution >= 4 is 38.9 Å². The monoisotopic (exact) mass is 281 g/mol. The van der Waals surface area contributed by atoms with Crippen molar-refractivity contribution in [3.8, 4) is 0 Å². The Morgan fingerprint density at radius 1 is 1.39 bits per heavy atom. The maximum Gasteiger partial charge on any atom is 0.255 e. The Morgan fingerprint density at radius 3 is 2.72 bits per heavy atom. The first-order valence-electron chi connectivity index (χ1n) is 5.78. The van der Waals surface area contributed by atoms with Gasteiger partial charge in [-0.15, -0.1) is 22.9 Å². The first-order valence-corrected chi connectivity index (χ1v) is 7.19. The van der Waals surface area contributed by atoms with Crippen LogP contribution in [0.3, 0.4) is 0 Å².